The van der Waals surface area contributed by atoms with Gasteiger partial charge >= 0.3 is 0 Å². The molecule has 5 rings (SSSR count). The van der Waals surface area contributed by atoms with E-state index in [2.05, 4.69) is 6.58 Å². The summed E-state index contributed by atoms with van der Waals surface area (Å²) in [6.45, 7) is 10.9. The maximum absolute atomic E-state index is 14.2. The Hall–Kier alpha value is -4.43. The molecule has 41 heavy (non-hydrogen) atoms. The van der Waals surface area contributed by atoms with Gasteiger partial charge in [-0.25, -0.2) is 4.99 Å². The third kappa shape index (κ3) is 5.23. The van der Waals surface area contributed by atoms with Crippen molar-refractivity contribution in [3.05, 3.63) is 115 Å². The predicted molar refractivity (Wildman–Crippen MR) is 164 cm³/mol. The van der Waals surface area contributed by atoms with Crippen molar-refractivity contribution < 1.29 is 14.3 Å². The van der Waals surface area contributed by atoms with Gasteiger partial charge in [-0.1, -0.05) is 66.5 Å². The van der Waals surface area contributed by atoms with Crippen LogP contribution in [0.2, 0.25) is 0 Å². The number of carbonyl (C=O) groups is 1. The molecule has 3 aromatic carbocycles. The molecule has 0 aliphatic carbocycles. The van der Waals surface area contributed by atoms with Gasteiger partial charge in [-0.3, -0.25) is 14.2 Å². The fourth-order valence-electron chi connectivity index (χ4n) is 5.25. The Labute approximate surface area is 243 Å². The average molecular weight is 568 g/mol. The first-order chi connectivity index (χ1) is 19.9. The van der Waals surface area contributed by atoms with Gasteiger partial charge in [0, 0.05) is 18.7 Å². The highest BCUT2D eigenvalue weighted by molar-refractivity contribution is 7.07. The summed E-state index contributed by atoms with van der Waals surface area (Å²) in [5, 5.41) is 1.91. The van der Waals surface area contributed by atoms with Crippen LogP contribution in [-0.4, -0.2) is 42.2 Å². The maximum Gasteiger partial charge on any atom is 0.271 e. The molecule has 2 heterocycles. The van der Waals surface area contributed by atoms with E-state index >= 15 is 0 Å². The minimum atomic E-state index is -0.711. The lowest BCUT2D eigenvalue weighted by atomic mass is 9.90. The highest BCUT2D eigenvalue weighted by Crippen LogP contribution is 2.40. The van der Waals surface area contributed by atoms with Crippen LogP contribution in [0, 0.1) is 0 Å². The standard InChI is InChI=1S/C33H33N3O4S/c1-6-19-40-24-16-13-22(14-17-24)20-27-31(37)36-30(29-25-12-10-9-11-23(25)15-18-26(29)39-5)28(21(4)34-33(36)41-27)32(38)35(7-2)8-3/h6,9-18,20,30H,1,7-8,19H2,2-5H3/b27-20+/t30-/m0/s1. The number of hydrogen-bond donors (Lipinski definition) is 0. The van der Waals surface area contributed by atoms with E-state index in [1.54, 1.807) is 22.7 Å². The summed E-state index contributed by atoms with van der Waals surface area (Å²) in [6.07, 6.45) is 3.54. The predicted octanol–water partition coefficient (Wildman–Crippen LogP) is 4.83. The van der Waals surface area contributed by atoms with Crippen LogP contribution in [0.5, 0.6) is 11.5 Å². The third-order valence-corrected chi connectivity index (χ3v) is 8.26. The number of carbonyl (C=O) groups excluding carboxylic acids is 1. The second kappa shape index (κ2) is 12.0. The molecule has 0 unspecified atom stereocenters. The summed E-state index contributed by atoms with van der Waals surface area (Å²) >= 11 is 1.31. The molecular weight excluding hydrogens is 534 g/mol. The summed E-state index contributed by atoms with van der Waals surface area (Å²) in [7, 11) is 1.61. The van der Waals surface area contributed by atoms with Crippen LogP contribution in [0.4, 0.5) is 0 Å². The molecule has 4 aromatic rings. The second-order valence-corrected chi connectivity index (χ2v) is 10.6. The summed E-state index contributed by atoms with van der Waals surface area (Å²) in [5.74, 6) is 1.19. The average Bonchev–Trinajstić information content (AvgIpc) is 3.29. The molecule has 210 valence electrons. The molecule has 0 saturated carbocycles. The molecule has 0 saturated heterocycles. The summed E-state index contributed by atoms with van der Waals surface area (Å²) < 4.78 is 13.6. The molecular formula is C33H33N3O4S. The van der Waals surface area contributed by atoms with E-state index < -0.39 is 6.04 Å². The van der Waals surface area contributed by atoms with Gasteiger partial charge in [0.2, 0.25) is 0 Å². The summed E-state index contributed by atoms with van der Waals surface area (Å²) in [5.41, 5.74) is 2.49. The number of methoxy groups -OCH3 is 1. The first-order valence-electron chi connectivity index (χ1n) is 13.6. The van der Waals surface area contributed by atoms with Gasteiger partial charge in [-0.05, 0) is 61.4 Å². The highest BCUT2D eigenvalue weighted by atomic mass is 32.1. The van der Waals surface area contributed by atoms with Gasteiger partial charge in [0.05, 0.1) is 22.9 Å². The quantitative estimate of drug-likeness (QED) is 0.272. The van der Waals surface area contributed by atoms with Gasteiger partial charge in [0.1, 0.15) is 24.1 Å². The molecule has 1 aliphatic rings. The molecule has 0 N–H and O–H groups in total. The molecule has 0 fully saturated rings. The van der Waals surface area contributed by atoms with Gasteiger partial charge in [-0.2, -0.15) is 0 Å². The van der Waals surface area contributed by atoms with Crippen LogP contribution in [0.3, 0.4) is 0 Å². The number of allylic oxidation sites excluding steroid dienone is 1. The molecule has 0 radical (unpaired) electrons. The molecule has 1 aromatic heterocycles. The van der Waals surface area contributed by atoms with Crippen molar-refractivity contribution in [2.75, 3.05) is 26.8 Å². The fourth-order valence-corrected chi connectivity index (χ4v) is 6.30. The van der Waals surface area contributed by atoms with Crippen LogP contribution in [0.25, 0.3) is 16.8 Å². The number of fused-ring (bicyclic) bond motifs is 2. The lowest BCUT2D eigenvalue weighted by Gasteiger charge is -2.30. The van der Waals surface area contributed by atoms with E-state index in [0.29, 0.717) is 46.0 Å². The van der Waals surface area contributed by atoms with Crippen molar-refractivity contribution in [1.29, 1.82) is 0 Å². The molecule has 0 bridgehead atoms. The van der Waals surface area contributed by atoms with Crippen LogP contribution in [0.1, 0.15) is 37.9 Å². The zero-order chi connectivity index (χ0) is 29.1. The zero-order valence-corrected chi connectivity index (χ0v) is 24.5. The van der Waals surface area contributed by atoms with Gasteiger partial charge < -0.3 is 14.4 Å². The molecule has 7 nitrogen and oxygen atoms in total. The van der Waals surface area contributed by atoms with Crippen LogP contribution in [0.15, 0.2) is 94.4 Å². The molecule has 1 aliphatic heterocycles. The van der Waals surface area contributed by atoms with Crippen molar-refractivity contribution in [2.24, 2.45) is 4.99 Å². The van der Waals surface area contributed by atoms with E-state index in [1.807, 2.05) is 87.5 Å². The number of likely N-dealkylation sites (N-methyl/N-ethyl adjacent to an activating group) is 1. The number of benzene rings is 3. The Morgan fingerprint density at radius 1 is 1.10 bits per heavy atom. The van der Waals surface area contributed by atoms with E-state index in [-0.39, 0.29) is 11.5 Å². The SMILES string of the molecule is C=CCOc1ccc(/C=c2/sc3n(c2=O)[C@H](c2c(OC)ccc4ccccc24)C(C(=O)N(CC)CC)=C(C)N=3)cc1. The number of aromatic nitrogens is 1. The molecule has 1 amide bonds. The van der Waals surface area contributed by atoms with Crippen LogP contribution >= 0.6 is 11.3 Å². The Balaban J connectivity index is 1.76. The molecule has 8 heteroatoms. The minimum Gasteiger partial charge on any atom is -0.496 e. The minimum absolute atomic E-state index is 0.138. The molecule has 1 atom stereocenters. The number of rotatable bonds is 9. The monoisotopic (exact) mass is 567 g/mol. The summed E-state index contributed by atoms with van der Waals surface area (Å²) in [6, 6.07) is 18.7. The number of ether oxygens (including phenoxy) is 2. The van der Waals surface area contributed by atoms with E-state index in [9.17, 15) is 9.59 Å². The van der Waals surface area contributed by atoms with Crippen LogP contribution in [-0.2, 0) is 4.79 Å². The van der Waals surface area contributed by atoms with Crippen molar-refractivity contribution in [3.63, 3.8) is 0 Å². The Morgan fingerprint density at radius 2 is 1.83 bits per heavy atom. The smallest absolute Gasteiger partial charge is 0.271 e. The lowest BCUT2D eigenvalue weighted by Crippen LogP contribution is -2.43. The highest BCUT2D eigenvalue weighted by Gasteiger charge is 2.36. The first-order valence-corrected chi connectivity index (χ1v) is 14.4. The number of hydrogen-bond acceptors (Lipinski definition) is 6. The van der Waals surface area contributed by atoms with Crippen molar-refractivity contribution in [1.82, 2.24) is 9.47 Å². The fraction of sp³-hybridized carbons (Fsp3) is 0.242. The Bertz CT molecular complexity index is 1830. The zero-order valence-electron chi connectivity index (χ0n) is 23.7. The van der Waals surface area contributed by atoms with Crippen LogP contribution < -0.4 is 24.4 Å². The maximum atomic E-state index is 14.2. The first kappa shape index (κ1) is 28.1. The second-order valence-electron chi connectivity index (χ2n) is 9.63. The van der Waals surface area contributed by atoms with Crippen molar-refractivity contribution in [3.8, 4) is 11.5 Å². The van der Waals surface area contributed by atoms with Gasteiger partial charge in [-0.15, -0.1) is 0 Å². The van der Waals surface area contributed by atoms with Crippen molar-refractivity contribution >= 4 is 34.1 Å². The number of amides is 1. The Kier molecular flexibility index (Phi) is 8.21. The van der Waals surface area contributed by atoms with E-state index in [4.69, 9.17) is 14.5 Å². The largest absolute Gasteiger partial charge is 0.496 e. The van der Waals surface area contributed by atoms with Gasteiger partial charge in [0.25, 0.3) is 11.5 Å². The Morgan fingerprint density at radius 3 is 2.51 bits per heavy atom. The van der Waals surface area contributed by atoms with Crippen molar-refractivity contribution in [2.45, 2.75) is 26.8 Å². The van der Waals surface area contributed by atoms with E-state index in [0.717, 1.165) is 27.6 Å². The van der Waals surface area contributed by atoms with E-state index in [1.165, 1.54) is 11.3 Å². The number of thiazole rings is 1. The lowest BCUT2D eigenvalue weighted by molar-refractivity contribution is -0.127. The number of nitrogens with zero attached hydrogens (tertiary/aromatic N) is 3. The normalized spacial score (nSPS) is 14.9. The van der Waals surface area contributed by atoms with Gasteiger partial charge in [0.15, 0.2) is 4.80 Å². The third-order valence-electron chi connectivity index (χ3n) is 7.27. The summed E-state index contributed by atoms with van der Waals surface area (Å²) in [4.78, 5) is 35.3. The molecule has 0 spiro atoms. The topological polar surface area (TPSA) is 73.1 Å².